The van der Waals surface area contributed by atoms with Gasteiger partial charge in [0.05, 0.1) is 35.2 Å². The number of imidazole rings is 1. The fourth-order valence-corrected chi connectivity index (χ4v) is 5.17. The van der Waals surface area contributed by atoms with Gasteiger partial charge in [-0.3, -0.25) is 9.59 Å². The number of para-hydroxylation sites is 1. The summed E-state index contributed by atoms with van der Waals surface area (Å²) in [6, 6.07) is 19.7. The van der Waals surface area contributed by atoms with Gasteiger partial charge in [-0.1, -0.05) is 42.5 Å². The summed E-state index contributed by atoms with van der Waals surface area (Å²) in [7, 11) is 0. The van der Waals surface area contributed by atoms with Crippen LogP contribution in [-0.2, 0) is 0 Å². The number of fused-ring (bicyclic) bond motifs is 2. The maximum absolute atomic E-state index is 14.2. The monoisotopic (exact) mass is 481 g/mol. The minimum Gasteiger partial charge on any atom is -0.348 e. The van der Waals surface area contributed by atoms with Crippen LogP contribution < -0.4 is 5.32 Å². The molecule has 0 spiro atoms. The molecule has 2 N–H and O–H groups in total. The summed E-state index contributed by atoms with van der Waals surface area (Å²) in [6.07, 6.45) is 5.90. The molecule has 36 heavy (non-hydrogen) atoms. The first-order valence-corrected chi connectivity index (χ1v) is 11.9. The molecule has 0 aliphatic carbocycles. The van der Waals surface area contributed by atoms with E-state index in [-0.39, 0.29) is 29.5 Å². The predicted octanol–water partition coefficient (Wildman–Crippen LogP) is 4.38. The van der Waals surface area contributed by atoms with Crippen LogP contribution in [0.2, 0.25) is 0 Å². The Labute approximate surface area is 206 Å². The highest BCUT2D eigenvalue weighted by Crippen LogP contribution is 2.30. The lowest BCUT2D eigenvalue weighted by atomic mass is 9.85. The summed E-state index contributed by atoms with van der Waals surface area (Å²) in [6.45, 7) is 0.922. The fraction of sp³-hybridized carbons (Fsp3) is 0.179. The van der Waals surface area contributed by atoms with Crippen molar-refractivity contribution in [1.29, 1.82) is 0 Å². The molecule has 1 saturated heterocycles. The number of carbonyl (C=O) groups is 2. The van der Waals surface area contributed by atoms with E-state index in [2.05, 4.69) is 15.3 Å². The van der Waals surface area contributed by atoms with E-state index in [1.54, 1.807) is 41.7 Å². The van der Waals surface area contributed by atoms with E-state index in [0.29, 0.717) is 36.0 Å². The number of nitrogens with one attached hydrogen (secondary N) is 2. The van der Waals surface area contributed by atoms with Crippen LogP contribution in [0.3, 0.4) is 0 Å². The van der Waals surface area contributed by atoms with E-state index < -0.39 is 5.82 Å². The molecular formula is C28H24FN5O2. The number of benzene rings is 2. The molecule has 180 valence electrons. The molecule has 3 aromatic heterocycles. The van der Waals surface area contributed by atoms with E-state index in [1.807, 2.05) is 47.0 Å². The number of pyridine rings is 1. The number of piperidine rings is 1. The average Bonchev–Trinajstić information content (AvgIpc) is 3.57. The molecule has 1 aliphatic heterocycles. The van der Waals surface area contributed by atoms with Crippen molar-refractivity contribution in [3.05, 3.63) is 108 Å². The third-order valence-corrected chi connectivity index (χ3v) is 6.98. The molecule has 1 aliphatic rings. The Hall–Kier alpha value is -4.46. The second-order valence-electron chi connectivity index (χ2n) is 9.13. The number of aromatic nitrogens is 3. The number of carbonyl (C=O) groups excluding carboxylic acids is 2. The van der Waals surface area contributed by atoms with Gasteiger partial charge in [0.25, 0.3) is 11.8 Å². The van der Waals surface area contributed by atoms with Gasteiger partial charge in [0, 0.05) is 30.6 Å². The summed E-state index contributed by atoms with van der Waals surface area (Å²) in [5, 5.41) is 3.76. The summed E-state index contributed by atoms with van der Waals surface area (Å²) in [4.78, 5) is 35.7. The standard InChI is InChI=1S/C28H24FN5O2/c29-22-10-4-8-19-14-23(31-26(19)22)27(35)32-24-16-33(13-11-20(24)18-6-2-1-3-7-18)28(36)21-9-5-12-34-17-30-15-25(21)34/h1-10,12,14-15,17,20,24,31H,11,13,16H2,(H,32,35)/t20-,24+/m0/s1. The smallest absolute Gasteiger partial charge is 0.268 e. The highest BCUT2D eigenvalue weighted by atomic mass is 19.1. The van der Waals surface area contributed by atoms with Gasteiger partial charge < -0.3 is 19.6 Å². The van der Waals surface area contributed by atoms with Gasteiger partial charge in [-0.2, -0.15) is 0 Å². The molecule has 5 aromatic rings. The van der Waals surface area contributed by atoms with Crippen LogP contribution >= 0.6 is 0 Å². The topological polar surface area (TPSA) is 82.5 Å². The molecule has 0 radical (unpaired) electrons. The van der Waals surface area contributed by atoms with Crippen molar-refractivity contribution in [1.82, 2.24) is 24.6 Å². The number of rotatable bonds is 4. The Morgan fingerprint density at radius 1 is 1.06 bits per heavy atom. The minimum absolute atomic E-state index is 0.0334. The van der Waals surface area contributed by atoms with Gasteiger partial charge in [-0.25, -0.2) is 9.37 Å². The molecule has 2 aromatic carbocycles. The van der Waals surface area contributed by atoms with Crippen molar-refractivity contribution in [2.24, 2.45) is 0 Å². The molecule has 8 heteroatoms. The highest BCUT2D eigenvalue weighted by Gasteiger charge is 2.34. The normalized spacial score (nSPS) is 18.0. The first-order chi connectivity index (χ1) is 17.6. The van der Waals surface area contributed by atoms with Crippen LogP contribution in [0.4, 0.5) is 4.39 Å². The zero-order chi connectivity index (χ0) is 24.6. The van der Waals surface area contributed by atoms with Crippen LogP contribution in [0, 0.1) is 5.82 Å². The molecule has 2 atom stereocenters. The lowest BCUT2D eigenvalue weighted by Gasteiger charge is -2.39. The van der Waals surface area contributed by atoms with Gasteiger partial charge in [-0.15, -0.1) is 0 Å². The second-order valence-corrected chi connectivity index (χ2v) is 9.13. The lowest BCUT2D eigenvalue weighted by molar-refractivity contribution is 0.0656. The molecule has 0 bridgehead atoms. The third kappa shape index (κ3) is 3.90. The van der Waals surface area contributed by atoms with Crippen LogP contribution in [0.25, 0.3) is 16.4 Å². The van der Waals surface area contributed by atoms with Gasteiger partial charge >= 0.3 is 0 Å². The quantitative estimate of drug-likeness (QED) is 0.400. The Kier molecular flexibility index (Phi) is 5.48. The fourth-order valence-electron chi connectivity index (χ4n) is 5.17. The summed E-state index contributed by atoms with van der Waals surface area (Å²) < 4.78 is 16.0. The van der Waals surface area contributed by atoms with Gasteiger partial charge in [0.15, 0.2) is 0 Å². The van der Waals surface area contributed by atoms with E-state index in [4.69, 9.17) is 0 Å². The molecule has 4 heterocycles. The molecule has 0 unspecified atom stereocenters. The zero-order valence-electron chi connectivity index (χ0n) is 19.4. The van der Waals surface area contributed by atoms with E-state index in [1.165, 1.54) is 6.07 Å². The van der Waals surface area contributed by atoms with E-state index >= 15 is 0 Å². The number of likely N-dealkylation sites (tertiary alicyclic amines) is 1. The largest absolute Gasteiger partial charge is 0.348 e. The van der Waals surface area contributed by atoms with Crippen LogP contribution in [0.1, 0.15) is 38.7 Å². The molecule has 2 amide bonds. The van der Waals surface area contributed by atoms with Gasteiger partial charge in [0.1, 0.15) is 11.5 Å². The number of nitrogens with zero attached hydrogens (tertiary/aromatic N) is 3. The number of hydrogen-bond donors (Lipinski definition) is 2. The predicted molar refractivity (Wildman–Crippen MR) is 134 cm³/mol. The van der Waals surface area contributed by atoms with Gasteiger partial charge in [-0.05, 0) is 36.2 Å². The van der Waals surface area contributed by atoms with Crippen LogP contribution in [0.15, 0.2) is 85.5 Å². The number of H-pyrrole nitrogens is 1. The third-order valence-electron chi connectivity index (χ3n) is 6.98. The SMILES string of the molecule is O=C(N[C@@H]1CN(C(=O)c2cccn3cncc23)CC[C@H]1c1ccccc1)c1cc2cccc(F)c2[nH]1. The molecule has 1 fully saturated rings. The minimum atomic E-state index is -0.405. The maximum Gasteiger partial charge on any atom is 0.268 e. The molecule has 0 saturated carbocycles. The average molecular weight is 482 g/mol. The van der Waals surface area contributed by atoms with Crippen molar-refractivity contribution < 1.29 is 14.0 Å². The molecule has 6 rings (SSSR count). The first-order valence-electron chi connectivity index (χ1n) is 11.9. The van der Waals surface area contributed by atoms with Crippen molar-refractivity contribution in [3.8, 4) is 0 Å². The van der Waals surface area contributed by atoms with E-state index in [0.717, 1.165) is 11.1 Å². The number of aromatic amines is 1. The van der Waals surface area contributed by atoms with Crippen LogP contribution in [-0.4, -0.2) is 50.2 Å². The molecule has 7 nitrogen and oxygen atoms in total. The highest BCUT2D eigenvalue weighted by molar-refractivity contribution is 6.01. The number of halogens is 1. The zero-order valence-corrected chi connectivity index (χ0v) is 19.4. The summed E-state index contributed by atoms with van der Waals surface area (Å²) in [5.41, 5.74) is 3.01. The lowest BCUT2D eigenvalue weighted by Crippen LogP contribution is -2.53. The number of hydrogen-bond acceptors (Lipinski definition) is 3. The van der Waals surface area contributed by atoms with Crippen molar-refractivity contribution in [3.63, 3.8) is 0 Å². The Bertz CT molecular complexity index is 1570. The Morgan fingerprint density at radius 2 is 1.92 bits per heavy atom. The van der Waals surface area contributed by atoms with Crippen molar-refractivity contribution in [2.45, 2.75) is 18.4 Å². The van der Waals surface area contributed by atoms with Crippen LogP contribution in [0.5, 0.6) is 0 Å². The van der Waals surface area contributed by atoms with Gasteiger partial charge in [0.2, 0.25) is 0 Å². The Morgan fingerprint density at radius 3 is 2.75 bits per heavy atom. The van der Waals surface area contributed by atoms with Crippen molar-refractivity contribution in [2.75, 3.05) is 13.1 Å². The summed E-state index contributed by atoms with van der Waals surface area (Å²) >= 11 is 0. The maximum atomic E-state index is 14.2. The second kappa shape index (κ2) is 8.96. The van der Waals surface area contributed by atoms with E-state index in [9.17, 15) is 14.0 Å². The van der Waals surface area contributed by atoms with Crippen molar-refractivity contribution >= 4 is 28.2 Å². The first kappa shape index (κ1) is 22.0. The number of amides is 2. The molecular weight excluding hydrogens is 457 g/mol. The summed E-state index contributed by atoms with van der Waals surface area (Å²) in [5.74, 6) is -0.800. The Balaban J connectivity index is 1.29.